The fraction of sp³-hybridized carbons (Fsp3) is 0.842. The predicted molar refractivity (Wildman–Crippen MR) is 86.5 cm³/mol. The van der Waals surface area contributed by atoms with Gasteiger partial charge in [0.05, 0.1) is 18.9 Å². The van der Waals surface area contributed by atoms with Crippen LogP contribution in [0, 0.1) is 35.0 Å². The summed E-state index contributed by atoms with van der Waals surface area (Å²) in [6.45, 7) is 3.10. The quantitative estimate of drug-likeness (QED) is 0.609. The molecule has 0 heterocycles. The van der Waals surface area contributed by atoms with Gasteiger partial charge in [-0.1, -0.05) is 13.3 Å². The van der Waals surface area contributed by atoms with E-state index in [9.17, 15) is 0 Å². The van der Waals surface area contributed by atoms with Crippen LogP contribution >= 0.6 is 0 Å². The molecule has 2 saturated carbocycles. The van der Waals surface area contributed by atoms with Gasteiger partial charge < -0.3 is 4.74 Å². The van der Waals surface area contributed by atoms with Crippen molar-refractivity contribution in [2.75, 3.05) is 6.61 Å². The summed E-state index contributed by atoms with van der Waals surface area (Å²) in [5.74, 6) is 2.95. The molecule has 0 spiro atoms. The van der Waals surface area contributed by atoms with E-state index in [4.69, 9.17) is 10.00 Å². The summed E-state index contributed by atoms with van der Waals surface area (Å²) in [6, 6.07) is 2.45. The van der Waals surface area contributed by atoms with Gasteiger partial charge in [0.15, 0.2) is 0 Å². The Balaban J connectivity index is 1.61. The lowest BCUT2D eigenvalue weighted by atomic mass is 9.69. The molecule has 2 aliphatic rings. The van der Waals surface area contributed by atoms with Gasteiger partial charge in [-0.25, -0.2) is 0 Å². The van der Waals surface area contributed by atoms with E-state index in [0.717, 1.165) is 43.6 Å². The van der Waals surface area contributed by atoms with Gasteiger partial charge in [0.25, 0.3) is 0 Å². The predicted octanol–water partition coefficient (Wildman–Crippen LogP) is 5.45. The third kappa shape index (κ3) is 5.38. The summed E-state index contributed by atoms with van der Waals surface area (Å²) in [4.78, 5) is 0. The molecule has 0 bridgehead atoms. The lowest BCUT2D eigenvalue weighted by Gasteiger charge is -2.36. The van der Waals surface area contributed by atoms with Gasteiger partial charge in [0.1, 0.15) is 0 Å². The Labute approximate surface area is 130 Å². The van der Waals surface area contributed by atoms with Crippen LogP contribution in [0.3, 0.4) is 0 Å². The van der Waals surface area contributed by atoms with Crippen LogP contribution in [0.1, 0.15) is 71.1 Å². The average Bonchev–Trinajstić information content (AvgIpc) is 2.55. The molecule has 2 nitrogen and oxygen atoms in total. The fourth-order valence-corrected chi connectivity index (χ4v) is 4.04. The van der Waals surface area contributed by atoms with E-state index in [1.165, 1.54) is 44.9 Å². The van der Waals surface area contributed by atoms with Crippen molar-refractivity contribution in [3.8, 4) is 6.07 Å². The van der Waals surface area contributed by atoms with Crippen LogP contribution in [-0.2, 0) is 4.74 Å². The smallest absolute Gasteiger partial charge is 0.0901 e. The molecule has 0 unspecified atom stereocenters. The second kappa shape index (κ2) is 9.13. The fourth-order valence-electron chi connectivity index (χ4n) is 4.04. The first-order valence-electron chi connectivity index (χ1n) is 8.99. The van der Waals surface area contributed by atoms with Gasteiger partial charge in [-0.05, 0) is 81.6 Å². The number of nitrogens with zero attached hydrogens (tertiary/aromatic N) is 1. The molecule has 0 aliphatic heterocycles. The Hall–Kier alpha value is -0.970. The monoisotopic (exact) mass is 289 g/mol. The van der Waals surface area contributed by atoms with Gasteiger partial charge in [-0.15, -0.1) is 0 Å². The second-order valence-corrected chi connectivity index (χ2v) is 7.02. The Bertz CT molecular complexity index is 341. The molecule has 2 fully saturated rings. The minimum absolute atomic E-state index is 0.348. The van der Waals surface area contributed by atoms with E-state index >= 15 is 0 Å². The van der Waals surface area contributed by atoms with E-state index in [1.807, 2.05) is 6.26 Å². The standard InChI is InChI=1S/C19H31NO/c1-2-3-4-13-21-15-17-7-11-19(12-8-17)18-9-5-16(14-20)6-10-18/h4,13,16-19H,2-3,5-12,15H2,1H3. The SMILES string of the molecule is CCCC=COCC1CCC(C2CCC(C#N)CC2)CC1. The molecule has 0 saturated heterocycles. The third-order valence-electron chi connectivity index (χ3n) is 5.49. The normalized spacial score (nSPS) is 33.7. The van der Waals surface area contributed by atoms with Crippen molar-refractivity contribution in [1.29, 1.82) is 5.26 Å². The highest BCUT2D eigenvalue weighted by Crippen LogP contribution is 2.41. The van der Waals surface area contributed by atoms with Crippen LogP contribution in [0.25, 0.3) is 0 Å². The molecule has 2 heteroatoms. The van der Waals surface area contributed by atoms with Crippen molar-refractivity contribution in [3.63, 3.8) is 0 Å². The largest absolute Gasteiger partial charge is 0.501 e. The summed E-state index contributed by atoms with van der Waals surface area (Å²) < 4.78 is 5.67. The molecule has 0 aromatic carbocycles. The molecule has 0 radical (unpaired) electrons. The molecule has 118 valence electrons. The van der Waals surface area contributed by atoms with Crippen LogP contribution in [0.4, 0.5) is 0 Å². The van der Waals surface area contributed by atoms with Crippen molar-refractivity contribution in [1.82, 2.24) is 0 Å². The number of hydrogen-bond donors (Lipinski definition) is 0. The first-order chi connectivity index (χ1) is 10.3. The Morgan fingerprint density at radius 3 is 2.19 bits per heavy atom. The van der Waals surface area contributed by atoms with Crippen LogP contribution in [0.5, 0.6) is 0 Å². The van der Waals surface area contributed by atoms with Crippen LogP contribution in [0.15, 0.2) is 12.3 Å². The molecule has 0 aromatic heterocycles. The van der Waals surface area contributed by atoms with E-state index < -0.39 is 0 Å². The number of unbranched alkanes of at least 4 members (excludes halogenated alkanes) is 1. The molecule has 0 aromatic rings. The van der Waals surface area contributed by atoms with Crippen LogP contribution < -0.4 is 0 Å². The summed E-state index contributed by atoms with van der Waals surface area (Å²) in [5.41, 5.74) is 0. The van der Waals surface area contributed by atoms with Crippen molar-refractivity contribution >= 4 is 0 Å². The van der Waals surface area contributed by atoms with Crippen molar-refractivity contribution in [2.45, 2.75) is 71.1 Å². The molecular weight excluding hydrogens is 258 g/mol. The number of nitriles is 1. The molecule has 2 aliphatic carbocycles. The van der Waals surface area contributed by atoms with Crippen molar-refractivity contribution < 1.29 is 4.74 Å². The Morgan fingerprint density at radius 1 is 1.00 bits per heavy atom. The molecule has 0 amide bonds. The van der Waals surface area contributed by atoms with E-state index in [2.05, 4.69) is 19.1 Å². The highest BCUT2D eigenvalue weighted by atomic mass is 16.5. The zero-order valence-corrected chi connectivity index (χ0v) is 13.6. The topological polar surface area (TPSA) is 33.0 Å². The summed E-state index contributed by atoms with van der Waals surface area (Å²) in [7, 11) is 0. The molecular formula is C19H31NO. The average molecular weight is 289 g/mol. The zero-order valence-electron chi connectivity index (χ0n) is 13.6. The second-order valence-electron chi connectivity index (χ2n) is 7.02. The van der Waals surface area contributed by atoms with Gasteiger partial charge in [0.2, 0.25) is 0 Å². The number of rotatable bonds is 6. The third-order valence-corrected chi connectivity index (χ3v) is 5.49. The van der Waals surface area contributed by atoms with Crippen LogP contribution in [0.2, 0.25) is 0 Å². The highest BCUT2D eigenvalue weighted by Gasteiger charge is 2.30. The maximum Gasteiger partial charge on any atom is 0.0901 e. The summed E-state index contributed by atoms with van der Waals surface area (Å²) in [5, 5.41) is 8.99. The maximum absolute atomic E-state index is 8.99. The number of hydrogen-bond acceptors (Lipinski definition) is 2. The highest BCUT2D eigenvalue weighted by molar-refractivity contribution is 4.89. The van der Waals surface area contributed by atoms with Gasteiger partial charge >= 0.3 is 0 Å². The Morgan fingerprint density at radius 2 is 1.62 bits per heavy atom. The van der Waals surface area contributed by atoms with Gasteiger partial charge in [-0.2, -0.15) is 5.26 Å². The van der Waals surface area contributed by atoms with Gasteiger partial charge in [0, 0.05) is 5.92 Å². The number of ether oxygens (including phenoxy) is 1. The maximum atomic E-state index is 8.99. The summed E-state index contributed by atoms with van der Waals surface area (Å²) in [6.07, 6.45) is 16.7. The first kappa shape index (κ1) is 16.4. The lowest BCUT2D eigenvalue weighted by molar-refractivity contribution is 0.113. The Kier molecular flexibility index (Phi) is 7.13. The minimum Gasteiger partial charge on any atom is -0.501 e. The molecule has 21 heavy (non-hydrogen) atoms. The molecule has 2 rings (SSSR count). The number of allylic oxidation sites excluding steroid dienone is 1. The van der Waals surface area contributed by atoms with Gasteiger partial charge in [-0.3, -0.25) is 0 Å². The van der Waals surface area contributed by atoms with Crippen molar-refractivity contribution in [3.05, 3.63) is 12.3 Å². The zero-order chi connectivity index (χ0) is 14.9. The molecule has 0 N–H and O–H groups in total. The minimum atomic E-state index is 0.348. The first-order valence-corrected chi connectivity index (χ1v) is 8.99. The van der Waals surface area contributed by atoms with Crippen LogP contribution in [-0.4, -0.2) is 6.61 Å². The molecule has 0 atom stereocenters. The lowest BCUT2D eigenvalue weighted by Crippen LogP contribution is -2.26. The summed E-state index contributed by atoms with van der Waals surface area (Å²) >= 11 is 0. The van der Waals surface area contributed by atoms with E-state index in [1.54, 1.807) is 0 Å². The van der Waals surface area contributed by atoms with E-state index in [-0.39, 0.29) is 0 Å². The van der Waals surface area contributed by atoms with Crippen molar-refractivity contribution in [2.24, 2.45) is 23.7 Å². The van der Waals surface area contributed by atoms with E-state index in [0.29, 0.717) is 5.92 Å².